The molecule has 2 heterocycles. The number of hydrogen-bond donors (Lipinski definition) is 1. The van der Waals surface area contributed by atoms with Crippen molar-refractivity contribution in [2.45, 2.75) is 12.8 Å². The van der Waals surface area contributed by atoms with Crippen LogP contribution < -0.4 is 10.0 Å². The molecule has 0 saturated carbocycles. The molecule has 2 aliphatic rings. The first kappa shape index (κ1) is 18.4. The van der Waals surface area contributed by atoms with Gasteiger partial charge < -0.3 is 10.5 Å². The van der Waals surface area contributed by atoms with Crippen LogP contribution in [0.5, 0.6) is 0 Å². The topological polar surface area (TPSA) is 96.4 Å². The lowest BCUT2D eigenvalue weighted by Crippen LogP contribution is -2.39. The van der Waals surface area contributed by atoms with E-state index < -0.39 is 15.9 Å². The number of nitrogens with zero attached hydrogens (tertiary/aromatic N) is 2. The molecule has 0 aromatic heterocycles. The van der Waals surface area contributed by atoms with Gasteiger partial charge in [0.15, 0.2) is 5.76 Å². The molecule has 0 amide bonds. The summed E-state index contributed by atoms with van der Waals surface area (Å²) in [5.74, 6) is -0.814. The number of rotatable bonds is 2. The van der Waals surface area contributed by atoms with Crippen LogP contribution in [0.3, 0.4) is 0 Å². The van der Waals surface area contributed by atoms with E-state index in [2.05, 4.69) is 0 Å². The Balaban J connectivity index is 2.07. The van der Waals surface area contributed by atoms with Gasteiger partial charge in [0.1, 0.15) is 16.5 Å². The number of benzene rings is 2. The Labute approximate surface area is 168 Å². The standard InChI is InChI=1S/C20H16ClN3O3S/c1-2-24-16-6-4-3-5-14(16)18-19(28(24,25)26)17(15(11-22)20(23)27-18)12-7-9-13(21)10-8-12/h3-10,17H,2,23H2,1H3. The predicted octanol–water partition coefficient (Wildman–Crippen LogP) is 3.69. The number of ether oxygens (including phenoxy) is 1. The van der Waals surface area contributed by atoms with Crippen LogP contribution in [0.15, 0.2) is 64.9 Å². The summed E-state index contributed by atoms with van der Waals surface area (Å²) in [6.07, 6.45) is 0. The number of hydrogen-bond acceptors (Lipinski definition) is 5. The van der Waals surface area contributed by atoms with E-state index in [1.54, 1.807) is 55.5 Å². The molecule has 28 heavy (non-hydrogen) atoms. The quantitative estimate of drug-likeness (QED) is 0.809. The lowest BCUT2D eigenvalue weighted by atomic mass is 9.88. The van der Waals surface area contributed by atoms with E-state index in [-0.39, 0.29) is 28.7 Å². The van der Waals surface area contributed by atoms with Crippen molar-refractivity contribution in [1.29, 1.82) is 5.26 Å². The monoisotopic (exact) mass is 413 g/mol. The van der Waals surface area contributed by atoms with Gasteiger partial charge in [-0.1, -0.05) is 35.9 Å². The summed E-state index contributed by atoms with van der Waals surface area (Å²) in [5.41, 5.74) is 7.82. The fourth-order valence-corrected chi connectivity index (χ4v) is 5.70. The third-order valence-electron chi connectivity index (χ3n) is 4.85. The zero-order chi connectivity index (χ0) is 20.1. The number of para-hydroxylation sites is 1. The van der Waals surface area contributed by atoms with Crippen molar-refractivity contribution in [2.75, 3.05) is 10.8 Å². The van der Waals surface area contributed by atoms with Crippen molar-refractivity contribution < 1.29 is 13.2 Å². The second-order valence-corrected chi connectivity index (χ2v) is 8.62. The number of nitriles is 1. The maximum atomic E-state index is 13.5. The lowest BCUT2D eigenvalue weighted by molar-refractivity contribution is 0.357. The minimum absolute atomic E-state index is 0.0149. The lowest BCUT2D eigenvalue weighted by Gasteiger charge is -2.37. The zero-order valence-electron chi connectivity index (χ0n) is 14.9. The Morgan fingerprint density at radius 3 is 2.54 bits per heavy atom. The molecule has 0 bridgehead atoms. The van der Waals surface area contributed by atoms with E-state index in [9.17, 15) is 13.7 Å². The molecule has 0 spiro atoms. The Morgan fingerprint density at radius 2 is 1.89 bits per heavy atom. The van der Waals surface area contributed by atoms with Crippen LogP contribution in [0.4, 0.5) is 5.69 Å². The number of sulfonamides is 1. The molecule has 1 atom stereocenters. The summed E-state index contributed by atoms with van der Waals surface area (Å²) < 4.78 is 34.1. The molecule has 2 aromatic rings. The van der Waals surface area contributed by atoms with Gasteiger partial charge in [-0.15, -0.1) is 0 Å². The Hall–Kier alpha value is -2.95. The van der Waals surface area contributed by atoms with Crippen molar-refractivity contribution in [3.63, 3.8) is 0 Å². The molecule has 2 aromatic carbocycles. The van der Waals surface area contributed by atoms with Crippen LogP contribution in [0.2, 0.25) is 5.02 Å². The van der Waals surface area contributed by atoms with Gasteiger partial charge in [0.25, 0.3) is 10.0 Å². The minimum Gasteiger partial charge on any atom is -0.439 e. The number of anilines is 1. The van der Waals surface area contributed by atoms with E-state index in [0.717, 1.165) is 0 Å². The van der Waals surface area contributed by atoms with Gasteiger partial charge >= 0.3 is 0 Å². The van der Waals surface area contributed by atoms with Gasteiger partial charge in [0.05, 0.1) is 11.6 Å². The Bertz CT molecular complexity index is 1180. The largest absolute Gasteiger partial charge is 0.439 e. The predicted molar refractivity (Wildman–Crippen MR) is 107 cm³/mol. The van der Waals surface area contributed by atoms with Gasteiger partial charge in [-0.3, -0.25) is 4.31 Å². The second kappa shape index (κ2) is 6.59. The van der Waals surface area contributed by atoms with Crippen molar-refractivity contribution in [3.05, 3.63) is 81.0 Å². The highest BCUT2D eigenvalue weighted by molar-refractivity contribution is 7.97. The van der Waals surface area contributed by atoms with E-state index in [4.69, 9.17) is 22.1 Å². The highest BCUT2D eigenvalue weighted by Gasteiger charge is 2.46. The van der Waals surface area contributed by atoms with Crippen LogP contribution in [0.1, 0.15) is 24.0 Å². The van der Waals surface area contributed by atoms with Crippen LogP contribution in [-0.4, -0.2) is 15.0 Å². The average Bonchev–Trinajstić information content (AvgIpc) is 2.68. The number of fused-ring (bicyclic) bond motifs is 2. The highest BCUT2D eigenvalue weighted by Crippen LogP contribution is 2.50. The van der Waals surface area contributed by atoms with E-state index in [0.29, 0.717) is 21.8 Å². The van der Waals surface area contributed by atoms with Crippen LogP contribution >= 0.6 is 11.6 Å². The van der Waals surface area contributed by atoms with Crippen molar-refractivity contribution in [2.24, 2.45) is 5.73 Å². The maximum absolute atomic E-state index is 13.5. The normalized spacial score (nSPS) is 20.2. The van der Waals surface area contributed by atoms with Gasteiger partial charge in [0, 0.05) is 17.1 Å². The molecule has 1 unspecified atom stereocenters. The molecule has 2 aliphatic heterocycles. The van der Waals surface area contributed by atoms with Gasteiger partial charge in [-0.05, 0) is 36.8 Å². The van der Waals surface area contributed by atoms with Crippen molar-refractivity contribution >= 4 is 33.1 Å². The molecule has 8 heteroatoms. The first-order chi connectivity index (χ1) is 13.4. The molecule has 142 valence electrons. The molecule has 0 fully saturated rings. The van der Waals surface area contributed by atoms with Crippen LogP contribution in [0, 0.1) is 11.3 Å². The molecule has 4 rings (SSSR count). The van der Waals surface area contributed by atoms with Gasteiger partial charge in [-0.25, -0.2) is 8.42 Å². The average molecular weight is 414 g/mol. The molecule has 6 nitrogen and oxygen atoms in total. The first-order valence-electron chi connectivity index (χ1n) is 8.59. The number of halogens is 1. The van der Waals surface area contributed by atoms with Gasteiger partial charge in [-0.2, -0.15) is 5.26 Å². The smallest absolute Gasteiger partial charge is 0.265 e. The fourth-order valence-electron chi connectivity index (χ4n) is 3.64. The molecule has 2 N–H and O–H groups in total. The summed E-state index contributed by atoms with van der Waals surface area (Å²) in [6.45, 7) is 2.00. The van der Waals surface area contributed by atoms with Crippen LogP contribution in [0.25, 0.3) is 5.76 Å². The van der Waals surface area contributed by atoms with Crippen molar-refractivity contribution in [3.8, 4) is 6.07 Å². The fraction of sp³-hybridized carbons (Fsp3) is 0.150. The Kier molecular flexibility index (Phi) is 4.33. The molecular weight excluding hydrogens is 398 g/mol. The molecule has 0 aliphatic carbocycles. The highest BCUT2D eigenvalue weighted by atomic mass is 35.5. The van der Waals surface area contributed by atoms with E-state index in [1.165, 1.54) is 4.31 Å². The third kappa shape index (κ3) is 2.57. The van der Waals surface area contributed by atoms with E-state index in [1.807, 2.05) is 6.07 Å². The maximum Gasteiger partial charge on any atom is 0.265 e. The number of allylic oxidation sites excluding steroid dienone is 2. The van der Waals surface area contributed by atoms with E-state index >= 15 is 0 Å². The van der Waals surface area contributed by atoms with Gasteiger partial charge in [0.2, 0.25) is 5.88 Å². The summed E-state index contributed by atoms with van der Waals surface area (Å²) in [5, 5.41) is 10.2. The first-order valence-corrected chi connectivity index (χ1v) is 10.4. The molecule has 0 saturated heterocycles. The third-order valence-corrected chi connectivity index (χ3v) is 7.11. The summed E-state index contributed by atoms with van der Waals surface area (Å²) >= 11 is 5.99. The summed E-state index contributed by atoms with van der Waals surface area (Å²) in [4.78, 5) is 0.0149. The zero-order valence-corrected chi connectivity index (χ0v) is 16.5. The molecule has 0 radical (unpaired) electrons. The second-order valence-electron chi connectivity index (χ2n) is 6.36. The summed E-state index contributed by atoms with van der Waals surface area (Å²) in [7, 11) is -3.95. The van der Waals surface area contributed by atoms with Crippen LogP contribution in [-0.2, 0) is 14.8 Å². The SMILES string of the molecule is CCN1c2ccccc2C2=C(C(c3ccc(Cl)cc3)C(C#N)=C(N)O2)S1(=O)=O. The Morgan fingerprint density at radius 1 is 1.21 bits per heavy atom. The minimum atomic E-state index is -3.95. The number of nitrogens with two attached hydrogens (primary N) is 1. The van der Waals surface area contributed by atoms with Crippen molar-refractivity contribution in [1.82, 2.24) is 0 Å². The molecular formula is C20H16ClN3O3S. The summed E-state index contributed by atoms with van der Waals surface area (Å²) in [6, 6.07) is 15.8.